The number of likely N-dealkylation sites (tertiary alicyclic amines) is 1. The van der Waals surface area contributed by atoms with Crippen molar-refractivity contribution in [2.45, 2.75) is 69.1 Å². The monoisotopic (exact) mass is 720 g/mol. The zero-order valence-electron chi connectivity index (χ0n) is 27.8. The lowest BCUT2D eigenvalue weighted by molar-refractivity contribution is -0.146. The van der Waals surface area contributed by atoms with Gasteiger partial charge in [-0.05, 0) is 59.7 Å². The Hall–Kier alpha value is -5.50. The summed E-state index contributed by atoms with van der Waals surface area (Å²) < 4.78 is 0. The zero-order chi connectivity index (χ0) is 37.1. The Labute approximate surface area is 299 Å². The number of alkyl halides is 1. The summed E-state index contributed by atoms with van der Waals surface area (Å²) in [7, 11) is 0. The van der Waals surface area contributed by atoms with Crippen LogP contribution in [0.4, 0.5) is 0 Å². The lowest BCUT2D eigenvalue weighted by Gasteiger charge is -2.37. The van der Waals surface area contributed by atoms with Crippen LogP contribution in [0.25, 0.3) is 10.8 Å². The molecule has 4 rings (SSSR count). The van der Waals surface area contributed by atoms with Crippen molar-refractivity contribution in [3.63, 3.8) is 0 Å². The van der Waals surface area contributed by atoms with E-state index in [1.807, 2.05) is 42.5 Å². The van der Waals surface area contributed by atoms with Gasteiger partial charge in [-0.1, -0.05) is 54.6 Å². The van der Waals surface area contributed by atoms with Crippen LogP contribution in [0.1, 0.15) is 53.6 Å². The summed E-state index contributed by atoms with van der Waals surface area (Å²) in [5, 5.41) is 19.0. The van der Waals surface area contributed by atoms with Crippen LogP contribution in [-0.2, 0) is 41.6 Å². The molecule has 14 nitrogen and oxygen atoms in total. The molecule has 1 heterocycles. The average molecular weight is 721 g/mol. The summed E-state index contributed by atoms with van der Waals surface area (Å²) in [5.41, 5.74) is 12.6. The van der Waals surface area contributed by atoms with E-state index in [2.05, 4.69) is 16.0 Å². The molecule has 0 radical (unpaired) electrons. The summed E-state index contributed by atoms with van der Waals surface area (Å²) >= 11 is 5.63. The molecule has 0 saturated carbocycles. The maximum atomic E-state index is 14.0. The van der Waals surface area contributed by atoms with Crippen molar-refractivity contribution in [2.75, 3.05) is 12.4 Å². The number of halogens is 1. The fourth-order valence-corrected chi connectivity index (χ4v) is 6.12. The topological polar surface area (TPSA) is 231 Å². The molecule has 0 spiro atoms. The Balaban J connectivity index is 1.59. The highest BCUT2D eigenvalue weighted by molar-refractivity contribution is 6.27. The second kappa shape index (κ2) is 17.9. The van der Waals surface area contributed by atoms with E-state index in [-0.39, 0.29) is 37.8 Å². The smallest absolute Gasteiger partial charge is 0.303 e. The molecule has 51 heavy (non-hydrogen) atoms. The van der Waals surface area contributed by atoms with E-state index in [9.17, 15) is 38.7 Å². The van der Waals surface area contributed by atoms with Crippen LogP contribution < -0.4 is 27.4 Å². The van der Waals surface area contributed by atoms with Crippen molar-refractivity contribution >= 4 is 63.8 Å². The van der Waals surface area contributed by atoms with E-state index in [1.165, 1.54) is 17.0 Å². The third kappa shape index (κ3) is 10.7. The van der Waals surface area contributed by atoms with Gasteiger partial charge in [0.05, 0.1) is 0 Å². The van der Waals surface area contributed by atoms with Crippen LogP contribution in [0.2, 0.25) is 0 Å². The minimum Gasteiger partial charge on any atom is -0.481 e. The van der Waals surface area contributed by atoms with Gasteiger partial charge < -0.3 is 37.4 Å². The minimum atomic E-state index is -1.23. The van der Waals surface area contributed by atoms with Crippen LogP contribution in [-0.4, -0.2) is 88.0 Å². The number of carbonyl (C=O) groups is 7. The SMILES string of the molecule is NC(=O)c1ccc(CC(NC(=O)C(Cc2ccc3ccccc3c2)NC(=O)[C@@H]2CCCCN2C(=O)C(CCC(=O)O)NC(=O)CCl)C(N)=O)cc1. The van der Waals surface area contributed by atoms with Gasteiger partial charge in [-0.3, -0.25) is 33.6 Å². The molecule has 0 bridgehead atoms. The third-order valence-electron chi connectivity index (χ3n) is 8.71. The molecule has 1 fully saturated rings. The minimum absolute atomic E-state index is 0.00653. The van der Waals surface area contributed by atoms with Crippen LogP contribution in [0, 0.1) is 0 Å². The lowest BCUT2D eigenvalue weighted by Crippen LogP contribution is -2.60. The van der Waals surface area contributed by atoms with E-state index in [1.54, 1.807) is 12.1 Å². The van der Waals surface area contributed by atoms with Crippen molar-refractivity contribution in [2.24, 2.45) is 11.5 Å². The first kappa shape index (κ1) is 38.3. The number of nitrogens with two attached hydrogens (primary N) is 2. The molecule has 1 aliphatic rings. The van der Waals surface area contributed by atoms with Gasteiger partial charge in [0.2, 0.25) is 35.4 Å². The quantitative estimate of drug-likeness (QED) is 0.117. The van der Waals surface area contributed by atoms with Crippen molar-refractivity contribution in [1.29, 1.82) is 0 Å². The molecule has 3 aromatic rings. The normalized spacial score (nSPS) is 15.9. The van der Waals surface area contributed by atoms with Crippen molar-refractivity contribution in [3.05, 3.63) is 83.4 Å². The Bertz CT molecular complexity index is 1780. The van der Waals surface area contributed by atoms with Gasteiger partial charge in [0.15, 0.2) is 0 Å². The number of primary amides is 2. The maximum Gasteiger partial charge on any atom is 0.303 e. The number of carboxylic acid groups (broad SMARTS) is 1. The van der Waals surface area contributed by atoms with Gasteiger partial charge in [0.1, 0.15) is 30.0 Å². The molecule has 8 N–H and O–H groups in total. The van der Waals surface area contributed by atoms with Crippen LogP contribution in [0.5, 0.6) is 0 Å². The van der Waals surface area contributed by atoms with E-state index in [0.717, 1.165) is 10.8 Å². The maximum absolute atomic E-state index is 14.0. The molecule has 0 aliphatic carbocycles. The molecule has 3 unspecified atom stereocenters. The summed E-state index contributed by atoms with van der Waals surface area (Å²) in [6.45, 7) is 0.164. The number of amides is 6. The number of hydrogen-bond donors (Lipinski definition) is 6. The zero-order valence-corrected chi connectivity index (χ0v) is 28.6. The van der Waals surface area contributed by atoms with Crippen LogP contribution in [0.3, 0.4) is 0 Å². The van der Waals surface area contributed by atoms with Gasteiger partial charge in [-0.25, -0.2) is 0 Å². The lowest BCUT2D eigenvalue weighted by atomic mass is 9.97. The molecule has 4 atom stereocenters. The second-order valence-corrected chi connectivity index (χ2v) is 12.7. The van der Waals surface area contributed by atoms with Gasteiger partial charge in [-0.15, -0.1) is 11.6 Å². The summed E-state index contributed by atoms with van der Waals surface area (Å²) in [5.74, 6) is -5.70. The number of nitrogens with zero attached hydrogens (tertiary/aromatic N) is 1. The second-order valence-electron chi connectivity index (χ2n) is 12.4. The Kier molecular flexibility index (Phi) is 13.5. The van der Waals surface area contributed by atoms with Crippen molar-refractivity contribution in [3.8, 4) is 0 Å². The third-order valence-corrected chi connectivity index (χ3v) is 8.96. The highest BCUT2D eigenvalue weighted by atomic mass is 35.5. The molecule has 270 valence electrons. The van der Waals surface area contributed by atoms with Crippen LogP contribution in [0.15, 0.2) is 66.7 Å². The Morgan fingerprint density at radius 2 is 1.47 bits per heavy atom. The summed E-state index contributed by atoms with van der Waals surface area (Å²) in [6, 6.07) is 14.7. The number of fused-ring (bicyclic) bond motifs is 1. The van der Waals surface area contributed by atoms with Crippen LogP contribution >= 0.6 is 11.6 Å². The number of benzene rings is 3. The number of nitrogens with one attached hydrogen (secondary N) is 3. The molecule has 0 aromatic heterocycles. The standard InChI is InChI=1S/C36H41ClN6O8/c37-20-30(44)40-26(14-15-31(45)46)36(51)43-16-4-3-7-29(43)35(50)42-28(19-22-10-11-23-5-1-2-6-25(23)17-22)34(49)41-27(33(39)48)18-21-8-12-24(13-9-21)32(38)47/h1-2,5-6,8-13,17,26-29H,3-4,7,14-16,18-20H2,(H2,38,47)(H2,39,48)(H,40,44)(H,41,49)(H,42,50)(H,45,46)/t26?,27?,28?,29-/m0/s1. The van der Waals surface area contributed by atoms with Gasteiger partial charge in [0, 0.05) is 31.4 Å². The number of carbonyl (C=O) groups excluding carboxylic acids is 6. The van der Waals surface area contributed by atoms with Gasteiger partial charge in [0.25, 0.3) is 0 Å². The predicted molar refractivity (Wildman–Crippen MR) is 188 cm³/mol. The molecule has 3 aromatic carbocycles. The number of aliphatic carboxylic acids is 1. The first-order valence-corrected chi connectivity index (χ1v) is 17.0. The van der Waals surface area contributed by atoms with Crippen molar-refractivity contribution < 1.29 is 38.7 Å². The average Bonchev–Trinajstić information content (AvgIpc) is 3.12. The number of carboxylic acids is 1. The van der Waals surface area contributed by atoms with E-state index in [4.69, 9.17) is 23.1 Å². The fourth-order valence-electron chi connectivity index (χ4n) is 6.04. The summed E-state index contributed by atoms with van der Waals surface area (Å²) in [6.07, 6.45) is 0.800. The first-order valence-electron chi connectivity index (χ1n) is 16.5. The van der Waals surface area contributed by atoms with Crippen molar-refractivity contribution in [1.82, 2.24) is 20.9 Å². The highest BCUT2D eigenvalue weighted by Gasteiger charge is 2.38. The molecule has 15 heteroatoms. The fraction of sp³-hybridized carbons (Fsp3) is 0.361. The molecule has 1 aliphatic heterocycles. The largest absolute Gasteiger partial charge is 0.481 e. The van der Waals surface area contributed by atoms with E-state index >= 15 is 0 Å². The number of rotatable bonds is 16. The van der Waals surface area contributed by atoms with E-state index in [0.29, 0.717) is 24.0 Å². The molecule has 1 saturated heterocycles. The van der Waals surface area contributed by atoms with Gasteiger partial charge >= 0.3 is 5.97 Å². The number of piperidine rings is 1. The van der Waals surface area contributed by atoms with E-state index < -0.39 is 77.9 Å². The predicted octanol–water partition coefficient (Wildman–Crippen LogP) is 1.15. The highest BCUT2D eigenvalue weighted by Crippen LogP contribution is 2.21. The summed E-state index contributed by atoms with van der Waals surface area (Å²) in [4.78, 5) is 90.3. The molecular weight excluding hydrogens is 680 g/mol. The Morgan fingerprint density at radius 1 is 0.804 bits per heavy atom. The Morgan fingerprint density at radius 3 is 2.12 bits per heavy atom. The molecular formula is C36H41ClN6O8. The van der Waals surface area contributed by atoms with Gasteiger partial charge in [-0.2, -0.15) is 0 Å². The molecule has 6 amide bonds. The number of hydrogen-bond acceptors (Lipinski definition) is 7. The first-order chi connectivity index (χ1) is 24.4.